The van der Waals surface area contributed by atoms with Crippen molar-refractivity contribution in [3.63, 3.8) is 0 Å². The Hall–Kier alpha value is -4.32. The predicted octanol–water partition coefficient (Wildman–Crippen LogP) is 6.86. The summed E-state index contributed by atoms with van der Waals surface area (Å²) in [7, 11) is 0. The van der Waals surface area contributed by atoms with Gasteiger partial charge in [-0.25, -0.2) is 19.7 Å². The Bertz CT molecular complexity index is 1730. The molecule has 1 N–H and O–H groups in total. The van der Waals surface area contributed by atoms with Crippen molar-refractivity contribution >= 4 is 40.9 Å². The molecule has 220 valence electrons. The number of esters is 1. The molecule has 5 aromatic rings. The molecule has 13 heteroatoms. The quantitative estimate of drug-likeness (QED) is 0.0711. The maximum atomic E-state index is 11.7. The Kier molecular flexibility index (Phi) is 9.65. The minimum absolute atomic E-state index is 0.0735. The summed E-state index contributed by atoms with van der Waals surface area (Å²) >= 11 is 14.7. The molecule has 43 heavy (non-hydrogen) atoms. The van der Waals surface area contributed by atoms with Crippen molar-refractivity contribution in [3.05, 3.63) is 88.8 Å². The fourth-order valence-electron chi connectivity index (χ4n) is 4.15. The zero-order valence-electron chi connectivity index (χ0n) is 23.0. The number of hydrogen-bond donors (Lipinski definition) is 1. The van der Waals surface area contributed by atoms with Crippen molar-refractivity contribution in [2.75, 3.05) is 19.5 Å². The lowest BCUT2D eigenvalue weighted by molar-refractivity contribution is -0.145. The van der Waals surface area contributed by atoms with Gasteiger partial charge in [0.25, 0.3) is 0 Å². The molecule has 3 heterocycles. The van der Waals surface area contributed by atoms with Gasteiger partial charge in [-0.05, 0) is 61.2 Å². The first-order valence-electron chi connectivity index (χ1n) is 13.0. The standard InChI is InChI=1S/C30H25Cl2N5O5S/c1-3-40-25(38)17-42-21-14-22(31)26(23(32)15-21)29-36-27(24-9-12-34-30(35-24)43-2)28(37(29)39)19-5-4-6-20(13-19)41-16-18-7-10-33-11-8-18/h4-15,39H,3,16-17H2,1-2H3. The molecule has 5 rings (SSSR count). The molecule has 0 aliphatic carbocycles. The van der Waals surface area contributed by atoms with Gasteiger partial charge in [-0.3, -0.25) is 4.98 Å². The van der Waals surface area contributed by atoms with Crippen molar-refractivity contribution < 1.29 is 24.2 Å². The molecule has 0 saturated carbocycles. The van der Waals surface area contributed by atoms with Gasteiger partial charge in [0, 0.05) is 24.2 Å². The molecule has 0 spiro atoms. The third-order valence-electron chi connectivity index (χ3n) is 6.08. The summed E-state index contributed by atoms with van der Waals surface area (Å²) in [5.74, 6) is 0.377. The molecule has 0 atom stereocenters. The van der Waals surface area contributed by atoms with Crippen LogP contribution in [0.1, 0.15) is 12.5 Å². The van der Waals surface area contributed by atoms with Gasteiger partial charge in [-0.1, -0.05) is 47.1 Å². The number of aromatic nitrogens is 5. The lowest BCUT2D eigenvalue weighted by Crippen LogP contribution is -2.14. The third-order valence-corrected chi connectivity index (χ3v) is 7.23. The van der Waals surface area contributed by atoms with E-state index in [1.807, 2.05) is 36.6 Å². The molecule has 0 saturated heterocycles. The summed E-state index contributed by atoms with van der Waals surface area (Å²) in [6.07, 6.45) is 6.89. The number of thioether (sulfide) groups is 1. The maximum absolute atomic E-state index is 11.7. The molecule has 0 unspecified atom stereocenters. The van der Waals surface area contributed by atoms with Gasteiger partial charge in [0.2, 0.25) is 0 Å². The van der Waals surface area contributed by atoms with Gasteiger partial charge in [-0.15, -0.1) is 0 Å². The van der Waals surface area contributed by atoms with Crippen LogP contribution in [0.15, 0.2) is 78.3 Å². The zero-order valence-corrected chi connectivity index (χ0v) is 25.4. The number of rotatable bonds is 11. The Morgan fingerprint density at radius 1 is 0.977 bits per heavy atom. The SMILES string of the molecule is CCOC(=O)COc1cc(Cl)c(-c2nc(-c3ccnc(SC)n3)c(-c3cccc(OCc4ccncc4)c3)n2O)c(Cl)c1. The number of nitrogens with zero attached hydrogens (tertiary/aromatic N) is 5. The largest absolute Gasteiger partial charge is 0.489 e. The van der Waals surface area contributed by atoms with Crippen LogP contribution in [0.3, 0.4) is 0 Å². The second-order valence-corrected chi connectivity index (χ2v) is 10.5. The van der Waals surface area contributed by atoms with Crippen LogP contribution in [0.4, 0.5) is 0 Å². The number of pyridine rings is 1. The van der Waals surface area contributed by atoms with Crippen molar-refractivity contribution in [3.8, 4) is 45.5 Å². The van der Waals surface area contributed by atoms with E-state index in [2.05, 4.69) is 15.0 Å². The minimum Gasteiger partial charge on any atom is -0.489 e. The van der Waals surface area contributed by atoms with E-state index in [0.717, 1.165) is 10.3 Å². The van der Waals surface area contributed by atoms with Gasteiger partial charge < -0.3 is 19.4 Å². The molecule has 3 aromatic heterocycles. The minimum atomic E-state index is -0.527. The highest BCUT2D eigenvalue weighted by Gasteiger charge is 2.26. The summed E-state index contributed by atoms with van der Waals surface area (Å²) in [5.41, 5.74) is 3.01. The molecular weight excluding hydrogens is 613 g/mol. The van der Waals surface area contributed by atoms with E-state index in [-0.39, 0.29) is 40.4 Å². The summed E-state index contributed by atoms with van der Waals surface area (Å²) in [6.45, 7) is 1.96. The molecule has 0 bridgehead atoms. The smallest absolute Gasteiger partial charge is 0.344 e. The molecular formula is C30H25Cl2N5O5S. The van der Waals surface area contributed by atoms with E-state index in [9.17, 15) is 10.0 Å². The monoisotopic (exact) mass is 637 g/mol. The van der Waals surface area contributed by atoms with Gasteiger partial charge in [0.05, 0.1) is 27.9 Å². The van der Waals surface area contributed by atoms with Crippen molar-refractivity contribution in [2.24, 2.45) is 0 Å². The van der Waals surface area contributed by atoms with Gasteiger partial charge >= 0.3 is 5.97 Å². The van der Waals surface area contributed by atoms with E-state index >= 15 is 0 Å². The van der Waals surface area contributed by atoms with Crippen LogP contribution < -0.4 is 9.47 Å². The highest BCUT2D eigenvalue weighted by Crippen LogP contribution is 2.42. The first-order valence-corrected chi connectivity index (χ1v) is 14.9. The van der Waals surface area contributed by atoms with Crippen LogP contribution >= 0.6 is 35.0 Å². The number of imidazole rings is 1. The van der Waals surface area contributed by atoms with Crippen molar-refractivity contribution in [2.45, 2.75) is 18.7 Å². The number of ether oxygens (including phenoxy) is 3. The Morgan fingerprint density at radius 3 is 2.47 bits per heavy atom. The fourth-order valence-corrected chi connectivity index (χ4v) is 5.15. The molecule has 0 fully saturated rings. The van der Waals surface area contributed by atoms with Crippen LogP contribution in [-0.4, -0.2) is 55.3 Å². The van der Waals surface area contributed by atoms with E-state index in [0.29, 0.717) is 40.2 Å². The maximum Gasteiger partial charge on any atom is 0.344 e. The van der Waals surface area contributed by atoms with Gasteiger partial charge in [0.15, 0.2) is 17.6 Å². The van der Waals surface area contributed by atoms with E-state index < -0.39 is 5.97 Å². The van der Waals surface area contributed by atoms with Gasteiger partial charge in [-0.2, -0.15) is 4.73 Å². The van der Waals surface area contributed by atoms with Crippen LogP contribution in [0, 0.1) is 0 Å². The number of carbonyl (C=O) groups is 1. The normalized spacial score (nSPS) is 10.9. The molecule has 0 aliphatic heterocycles. The number of benzene rings is 2. The second kappa shape index (κ2) is 13.8. The Morgan fingerprint density at radius 2 is 1.74 bits per heavy atom. The summed E-state index contributed by atoms with van der Waals surface area (Å²) in [6, 6.07) is 15.7. The average molecular weight is 639 g/mol. The molecule has 0 amide bonds. The Balaban J connectivity index is 1.57. The Labute approximate surface area is 261 Å². The third kappa shape index (κ3) is 7.02. The van der Waals surface area contributed by atoms with Crippen LogP contribution in [-0.2, 0) is 16.1 Å². The van der Waals surface area contributed by atoms with E-state index in [4.69, 9.17) is 42.4 Å². The van der Waals surface area contributed by atoms with E-state index in [1.165, 1.54) is 23.9 Å². The van der Waals surface area contributed by atoms with E-state index in [1.54, 1.807) is 37.6 Å². The highest BCUT2D eigenvalue weighted by molar-refractivity contribution is 7.98. The lowest BCUT2D eigenvalue weighted by Gasteiger charge is -2.12. The zero-order chi connectivity index (χ0) is 30.3. The summed E-state index contributed by atoms with van der Waals surface area (Å²) in [5, 5.41) is 12.4. The predicted molar refractivity (Wildman–Crippen MR) is 164 cm³/mol. The lowest BCUT2D eigenvalue weighted by atomic mass is 10.1. The topological polar surface area (TPSA) is 121 Å². The summed E-state index contributed by atoms with van der Waals surface area (Å²) < 4.78 is 17.3. The van der Waals surface area contributed by atoms with Crippen LogP contribution in [0.5, 0.6) is 11.5 Å². The first kappa shape index (κ1) is 30.1. The van der Waals surface area contributed by atoms with Crippen molar-refractivity contribution in [1.29, 1.82) is 0 Å². The number of hydrogen-bond acceptors (Lipinski definition) is 10. The highest BCUT2D eigenvalue weighted by atomic mass is 35.5. The molecule has 0 radical (unpaired) electrons. The average Bonchev–Trinajstić information content (AvgIpc) is 3.36. The number of carbonyl (C=O) groups excluding carboxylic acids is 1. The summed E-state index contributed by atoms with van der Waals surface area (Å²) in [4.78, 5) is 29.4. The number of halogens is 2. The van der Waals surface area contributed by atoms with Crippen LogP contribution in [0.25, 0.3) is 34.0 Å². The first-order chi connectivity index (χ1) is 20.9. The fraction of sp³-hybridized carbons (Fsp3) is 0.167. The van der Waals surface area contributed by atoms with Crippen LogP contribution in [0.2, 0.25) is 10.0 Å². The molecule has 10 nitrogen and oxygen atoms in total. The van der Waals surface area contributed by atoms with Crippen molar-refractivity contribution in [1.82, 2.24) is 24.7 Å². The molecule has 2 aromatic carbocycles. The second-order valence-electron chi connectivity index (χ2n) is 8.90. The van der Waals surface area contributed by atoms with Gasteiger partial charge in [0.1, 0.15) is 29.5 Å². The molecule has 0 aliphatic rings.